The van der Waals surface area contributed by atoms with Crippen LogP contribution in [0.4, 0.5) is 0 Å². The third-order valence-electron chi connectivity index (χ3n) is 4.97. The van der Waals surface area contributed by atoms with Gasteiger partial charge in [0.15, 0.2) is 0 Å². The number of hydrogen-bond donors (Lipinski definition) is 1. The number of aliphatic carboxylic acids is 1. The van der Waals surface area contributed by atoms with Gasteiger partial charge in [-0.2, -0.15) is 0 Å². The molecule has 16 heavy (non-hydrogen) atoms. The smallest absolute Gasteiger partial charge is 0.310 e. The molecule has 1 saturated heterocycles. The molecule has 0 aromatic rings. The van der Waals surface area contributed by atoms with Crippen molar-refractivity contribution in [3.05, 3.63) is 0 Å². The largest absolute Gasteiger partial charge is 0.481 e. The summed E-state index contributed by atoms with van der Waals surface area (Å²) in [5.74, 6) is -0.684. The first kappa shape index (κ1) is 9.45. The van der Waals surface area contributed by atoms with Crippen LogP contribution in [0.1, 0.15) is 6.42 Å². The van der Waals surface area contributed by atoms with E-state index in [9.17, 15) is 14.7 Å². The highest BCUT2D eigenvalue weighted by Gasteiger charge is 2.74. The summed E-state index contributed by atoms with van der Waals surface area (Å²) in [6.45, 7) is 0. The number of carboxylic acids is 1. The Kier molecular flexibility index (Phi) is 1.55. The minimum Gasteiger partial charge on any atom is -0.481 e. The summed E-state index contributed by atoms with van der Waals surface area (Å²) < 4.78 is 5.36. The van der Waals surface area contributed by atoms with E-state index in [0.717, 1.165) is 6.42 Å². The quantitative estimate of drug-likeness (QED) is 0.574. The Hall–Kier alpha value is -0.580. The summed E-state index contributed by atoms with van der Waals surface area (Å²) >= 11 is 3.56. The third kappa shape index (κ3) is 0.848. The molecular weight excluding hydrogens is 276 g/mol. The lowest BCUT2D eigenvalue weighted by atomic mass is 9.59. The standard InChI is InChI=1S/C11H11BrO4/c12-8-4-2-1-3(2)5-7(6(4)10(13)14)11(15)16-9(5)8/h2-9H,1H2,(H,13,14)/t2-,3+,4?,5+,6-,7?,8-,9-/m0/s1. The molecule has 0 amide bonds. The van der Waals surface area contributed by atoms with E-state index in [0.29, 0.717) is 11.8 Å². The van der Waals surface area contributed by atoms with Crippen molar-refractivity contribution in [1.82, 2.24) is 0 Å². The Morgan fingerprint density at radius 3 is 2.75 bits per heavy atom. The molecule has 4 aliphatic carbocycles. The highest BCUT2D eigenvalue weighted by Crippen LogP contribution is 2.70. The molecule has 4 bridgehead atoms. The first-order valence-electron chi connectivity index (χ1n) is 5.68. The fourth-order valence-corrected chi connectivity index (χ4v) is 5.61. The minimum absolute atomic E-state index is 0.0463. The van der Waals surface area contributed by atoms with Gasteiger partial charge in [0.2, 0.25) is 0 Å². The van der Waals surface area contributed by atoms with Crippen molar-refractivity contribution in [2.45, 2.75) is 17.4 Å². The molecule has 5 rings (SSSR count). The van der Waals surface area contributed by atoms with Gasteiger partial charge in [-0.3, -0.25) is 9.59 Å². The maximum atomic E-state index is 11.8. The normalized spacial score (nSPS) is 60.4. The lowest BCUT2D eigenvalue weighted by molar-refractivity contribution is -0.155. The maximum Gasteiger partial charge on any atom is 0.310 e. The lowest BCUT2D eigenvalue weighted by Crippen LogP contribution is -2.54. The molecule has 1 heterocycles. The maximum absolute atomic E-state index is 11.8. The summed E-state index contributed by atoms with van der Waals surface area (Å²) in [7, 11) is 0. The monoisotopic (exact) mass is 286 g/mol. The van der Waals surface area contributed by atoms with Crippen molar-refractivity contribution in [2.75, 3.05) is 0 Å². The number of carboxylic acid groups (broad SMARTS) is 1. The van der Waals surface area contributed by atoms with Crippen molar-refractivity contribution in [3.63, 3.8) is 0 Å². The molecule has 1 N–H and O–H groups in total. The van der Waals surface area contributed by atoms with Crippen molar-refractivity contribution >= 4 is 27.9 Å². The molecule has 0 spiro atoms. The van der Waals surface area contributed by atoms with Crippen LogP contribution in [-0.4, -0.2) is 28.0 Å². The second-order valence-corrected chi connectivity index (χ2v) is 6.51. The highest BCUT2D eigenvalue weighted by atomic mass is 79.9. The van der Waals surface area contributed by atoms with Crippen molar-refractivity contribution < 1.29 is 19.4 Å². The van der Waals surface area contributed by atoms with Crippen LogP contribution in [0.25, 0.3) is 0 Å². The Morgan fingerprint density at radius 2 is 2.06 bits per heavy atom. The van der Waals surface area contributed by atoms with Gasteiger partial charge in [-0.15, -0.1) is 0 Å². The Bertz CT molecular complexity index is 409. The first-order chi connectivity index (χ1) is 7.61. The number of hydrogen-bond acceptors (Lipinski definition) is 3. The number of ether oxygens (including phenoxy) is 1. The van der Waals surface area contributed by atoms with Gasteiger partial charge >= 0.3 is 11.9 Å². The molecule has 5 aliphatic rings. The minimum atomic E-state index is -0.827. The van der Waals surface area contributed by atoms with E-state index in [-0.39, 0.29) is 34.7 Å². The number of esters is 1. The fourth-order valence-electron chi connectivity index (χ4n) is 4.42. The fraction of sp³-hybridized carbons (Fsp3) is 0.818. The number of carbonyl (C=O) groups is 2. The molecule has 8 atom stereocenters. The number of rotatable bonds is 1. The van der Waals surface area contributed by atoms with Gasteiger partial charge in [0.05, 0.1) is 16.7 Å². The van der Waals surface area contributed by atoms with Gasteiger partial charge in [-0.05, 0) is 24.2 Å². The van der Waals surface area contributed by atoms with Crippen molar-refractivity contribution in [2.24, 2.45) is 35.5 Å². The summed E-state index contributed by atoms with van der Waals surface area (Å²) in [6.07, 6.45) is 1.02. The van der Waals surface area contributed by atoms with Crippen LogP contribution in [0.3, 0.4) is 0 Å². The summed E-state index contributed by atoms with van der Waals surface area (Å²) in [4.78, 5) is 23.2. The molecule has 0 aromatic carbocycles. The van der Waals surface area contributed by atoms with E-state index in [1.165, 1.54) is 0 Å². The van der Waals surface area contributed by atoms with E-state index in [2.05, 4.69) is 15.9 Å². The van der Waals surface area contributed by atoms with Crippen molar-refractivity contribution in [1.29, 1.82) is 0 Å². The second-order valence-electron chi connectivity index (χ2n) is 5.45. The van der Waals surface area contributed by atoms with Crippen LogP contribution in [0.5, 0.6) is 0 Å². The molecule has 5 fully saturated rings. The SMILES string of the molecule is O=C1O[C@H]2[C@H]3C1[C@@H](C(=O)O)C([C@H]1C[C@@H]31)[C@@H]2Br. The average Bonchev–Trinajstić information content (AvgIpc) is 2.95. The molecule has 0 radical (unpaired) electrons. The topological polar surface area (TPSA) is 63.6 Å². The molecule has 2 unspecified atom stereocenters. The zero-order valence-corrected chi connectivity index (χ0v) is 9.96. The zero-order valence-electron chi connectivity index (χ0n) is 8.38. The van der Waals surface area contributed by atoms with Gasteiger partial charge in [0, 0.05) is 5.92 Å². The molecule has 4 saturated carbocycles. The first-order valence-corrected chi connectivity index (χ1v) is 6.60. The van der Waals surface area contributed by atoms with Crippen LogP contribution in [0.2, 0.25) is 0 Å². The summed E-state index contributed by atoms with van der Waals surface area (Å²) in [5.41, 5.74) is 0. The van der Waals surface area contributed by atoms with Gasteiger partial charge in [-0.25, -0.2) is 0 Å². The van der Waals surface area contributed by atoms with E-state index < -0.39 is 11.9 Å². The number of alkyl halides is 1. The third-order valence-corrected chi connectivity index (χ3v) is 6.10. The average molecular weight is 287 g/mol. The molecule has 1 aliphatic heterocycles. The molecule has 86 valence electrons. The van der Waals surface area contributed by atoms with Crippen molar-refractivity contribution in [3.8, 4) is 0 Å². The molecular formula is C11H11BrO4. The predicted octanol–water partition coefficient (Wildman–Crippen LogP) is 0.888. The summed E-state index contributed by atoms with van der Waals surface area (Å²) in [6, 6.07) is 0. The lowest BCUT2D eigenvalue weighted by Gasteiger charge is -2.45. The number of carbonyl (C=O) groups excluding carboxylic acids is 1. The highest BCUT2D eigenvalue weighted by molar-refractivity contribution is 9.09. The van der Waals surface area contributed by atoms with Crippen LogP contribution in [-0.2, 0) is 14.3 Å². The van der Waals surface area contributed by atoms with E-state index in [4.69, 9.17) is 4.74 Å². The van der Waals surface area contributed by atoms with Crippen LogP contribution in [0, 0.1) is 35.5 Å². The van der Waals surface area contributed by atoms with Crippen LogP contribution in [0.15, 0.2) is 0 Å². The van der Waals surface area contributed by atoms with Gasteiger partial charge in [0.25, 0.3) is 0 Å². The Balaban J connectivity index is 1.86. The second kappa shape index (κ2) is 2.63. The zero-order chi connectivity index (χ0) is 11.2. The number of halogens is 1. The Morgan fingerprint density at radius 1 is 1.38 bits per heavy atom. The van der Waals surface area contributed by atoms with Crippen LogP contribution < -0.4 is 0 Å². The van der Waals surface area contributed by atoms with Gasteiger partial charge < -0.3 is 9.84 Å². The predicted molar refractivity (Wildman–Crippen MR) is 55.8 cm³/mol. The Labute approximate surface area is 100 Å². The molecule has 0 aromatic heterocycles. The summed E-state index contributed by atoms with van der Waals surface area (Å²) in [5, 5.41) is 9.32. The van der Waals surface area contributed by atoms with E-state index in [1.807, 2.05) is 0 Å². The van der Waals surface area contributed by atoms with Crippen LogP contribution >= 0.6 is 15.9 Å². The van der Waals surface area contributed by atoms with Gasteiger partial charge in [0.1, 0.15) is 6.10 Å². The molecule has 5 heteroatoms. The van der Waals surface area contributed by atoms with Gasteiger partial charge in [-0.1, -0.05) is 15.9 Å². The van der Waals surface area contributed by atoms with E-state index in [1.54, 1.807) is 0 Å². The van der Waals surface area contributed by atoms with E-state index >= 15 is 0 Å². The molecule has 4 nitrogen and oxygen atoms in total.